The number of hydrazine groups is 1. The van der Waals surface area contributed by atoms with Crippen LogP contribution < -0.4 is 22.3 Å². The Hall–Kier alpha value is -2.41. The third-order valence-corrected chi connectivity index (χ3v) is 3.00. The molecule has 1 unspecified atom stereocenters. The smallest absolute Gasteiger partial charge is 0.240 e. The Balaban J connectivity index is 2.49. The van der Waals surface area contributed by atoms with E-state index in [2.05, 4.69) is 20.7 Å². The van der Waals surface area contributed by atoms with Crippen LogP contribution in [0.4, 0.5) is 11.8 Å². The summed E-state index contributed by atoms with van der Waals surface area (Å²) in [6.45, 7) is 3.82. The minimum Gasteiger partial charge on any atom is -0.368 e. The molecule has 7 nitrogen and oxygen atoms in total. The fourth-order valence-corrected chi connectivity index (χ4v) is 1.96. The molecule has 0 fully saturated rings. The summed E-state index contributed by atoms with van der Waals surface area (Å²) in [5.74, 6) is 5.78. The van der Waals surface area contributed by atoms with Crippen molar-refractivity contribution in [2.75, 3.05) is 10.7 Å². The molecular formula is C13H18N6O. The largest absolute Gasteiger partial charge is 0.368 e. The summed E-state index contributed by atoms with van der Waals surface area (Å²) in [5, 5.41) is 3.88. The molecule has 7 heteroatoms. The van der Waals surface area contributed by atoms with Crippen LogP contribution in [0.5, 0.6) is 0 Å². The van der Waals surface area contributed by atoms with Crippen molar-refractivity contribution >= 4 is 28.6 Å². The molecule has 1 aromatic carbocycles. The van der Waals surface area contributed by atoms with E-state index in [1.54, 1.807) is 0 Å². The van der Waals surface area contributed by atoms with Gasteiger partial charge in [-0.15, -0.1) is 0 Å². The number of nitrogens with two attached hydrogens (primary N) is 2. The molecule has 20 heavy (non-hydrogen) atoms. The second-order valence-corrected chi connectivity index (χ2v) is 4.83. The summed E-state index contributed by atoms with van der Waals surface area (Å²) in [4.78, 5) is 20.0. The molecule has 106 valence electrons. The Kier molecular flexibility index (Phi) is 3.99. The highest BCUT2D eigenvalue weighted by Gasteiger charge is 2.21. The standard InChI is InChI=1S/C13H18N6O/c1-7(2)10(11(14)20)17-12-8-5-3-4-6-9(8)16-13(18-12)19-15/h3-7,10H,15H2,1-2H3,(H2,14,20)(H2,16,17,18,19). The number of nitrogens with one attached hydrogen (secondary N) is 2. The number of aromatic nitrogens is 2. The van der Waals surface area contributed by atoms with E-state index in [0.717, 1.165) is 10.9 Å². The number of para-hydroxylation sites is 1. The first-order valence-corrected chi connectivity index (χ1v) is 6.32. The SMILES string of the molecule is CC(C)C(Nc1nc(NN)nc2ccccc12)C(N)=O. The van der Waals surface area contributed by atoms with E-state index < -0.39 is 11.9 Å². The third-order valence-electron chi connectivity index (χ3n) is 3.00. The lowest BCUT2D eigenvalue weighted by Crippen LogP contribution is -2.39. The van der Waals surface area contributed by atoms with Crippen LogP contribution in [0.1, 0.15) is 13.8 Å². The molecule has 1 atom stereocenters. The number of nitrogens with zero attached hydrogens (tertiary/aromatic N) is 2. The van der Waals surface area contributed by atoms with Gasteiger partial charge in [0.05, 0.1) is 5.52 Å². The van der Waals surface area contributed by atoms with Gasteiger partial charge in [-0.05, 0) is 18.1 Å². The average Bonchev–Trinajstić information content (AvgIpc) is 2.43. The van der Waals surface area contributed by atoms with E-state index in [1.807, 2.05) is 38.1 Å². The van der Waals surface area contributed by atoms with Gasteiger partial charge in [0, 0.05) is 5.39 Å². The number of carbonyl (C=O) groups is 1. The summed E-state index contributed by atoms with van der Waals surface area (Å²) in [5.41, 5.74) is 8.55. The first-order chi connectivity index (χ1) is 9.52. The Labute approximate surface area is 116 Å². The van der Waals surface area contributed by atoms with Gasteiger partial charge in [-0.25, -0.2) is 10.8 Å². The zero-order valence-electron chi connectivity index (χ0n) is 11.4. The maximum Gasteiger partial charge on any atom is 0.240 e. The second-order valence-electron chi connectivity index (χ2n) is 4.83. The summed E-state index contributed by atoms with van der Waals surface area (Å²) in [7, 11) is 0. The number of amides is 1. The summed E-state index contributed by atoms with van der Waals surface area (Å²) in [6.07, 6.45) is 0. The number of hydrogen-bond acceptors (Lipinski definition) is 6. The molecule has 1 amide bonds. The van der Waals surface area contributed by atoms with Gasteiger partial charge in [0.15, 0.2) is 0 Å². The number of carbonyl (C=O) groups excluding carboxylic acids is 1. The molecule has 0 aliphatic rings. The van der Waals surface area contributed by atoms with Crippen molar-refractivity contribution in [1.29, 1.82) is 0 Å². The van der Waals surface area contributed by atoms with E-state index in [1.165, 1.54) is 0 Å². The van der Waals surface area contributed by atoms with Gasteiger partial charge >= 0.3 is 0 Å². The first-order valence-electron chi connectivity index (χ1n) is 6.32. The fourth-order valence-electron chi connectivity index (χ4n) is 1.96. The van der Waals surface area contributed by atoms with Crippen LogP contribution in [0, 0.1) is 5.92 Å². The van der Waals surface area contributed by atoms with Crippen LogP contribution in [0.25, 0.3) is 10.9 Å². The number of rotatable bonds is 5. The van der Waals surface area contributed by atoms with Crippen LogP contribution in [0.15, 0.2) is 24.3 Å². The Morgan fingerprint density at radius 1 is 1.25 bits per heavy atom. The van der Waals surface area contributed by atoms with Crippen molar-refractivity contribution in [1.82, 2.24) is 9.97 Å². The van der Waals surface area contributed by atoms with E-state index in [4.69, 9.17) is 11.6 Å². The highest BCUT2D eigenvalue weighted by molar-refractivity contribution is 5.92. The van der Waals surface area contributed by atoms with Gasteiger partial charge < -0.3 is 11.1 Å². The summed E-state index contributed by atoms with van der Waals surface area (Å²) in [6, 6.07) is 6.95. The molecule has 6 N–H and O–H groups in total. The van der Waals surface area contributed by atoms with Crippen molar-refractivity contribution in [3.8, 4) is 0 Å². The van der Waals surface area contributed by atoms with Crippen LogP contribution in [-0.4, -0.2) is 21.9 Å². The van der Waals surface area contributed by atoms with E-state index in [0.29, 0.717) is 5.82 Å². The molecule has 0 saturated heterocycles. The monoisotopic (exact) mass is 274 g/mol. The minimum absolute atomic E-state index is 0.0375. The number of nitrogen functional groups attached to an aromatic ring is 1. The molecule has 0 saturated carbocycles. The Morgan fingerprint density at radius 3 is 2.55 bits per heavy atom. The zero-order chi connectivity index (χ0) is 14.7. The van der Waals surface area contributed by atoms with Crippen molar-refractivity contribution in [2.24, 2.45) is 17.5 Å². The predicted molar refractivity (Wildman–Crippen MR) is 78.8 cm³/mol. The zero-order valence-corrected chi connectivity index (χ0v) is 11.4. The highest BCUT2D eigenvalue weighted by atomic mass is 16.1. The van der Waals surface area contributed by atoms with Crippen molar-refractivity contribution in [2.45, 2.75) is 19.9 Å². The van der Waals surface area contributed by atoms with Crippen molar-refractivity contribution < 1.29 is 4.79 Å². The van der Waals surface area contributed by atoms with Gasteiger partial charge in [0.2, 0.25) is 11.9 Å². The third kappa shape index (κ3) is 2.77. The molecule has 2 aromatic rings. The van der Waals surface area contributed by atoms with E-state index in [9.17, 15) is 4.79 Å². The minimum atomic E-state index is -0.515. The number of benzene rings is 1. The number of anilines is 2. The second kappa shape index (κ2) is 5.70. The van der Waals surface area contributed by atoms with E-state index >= 15 is 0 Å². The van der Waals surface area contributed by atoms with Gasteiger partial charge in [-0.2, -0.15) is 4.98 Å². The van der Waals surface area contributed by atoms with Gasteiger partial charge in [-0.3, -0.25) is 10.2 Å². The summed E-state index contributed by atoms with van der Waals surface area (Å²) >= 11 is 0. The molecule has 0 bridgehead atoms. The van der Waals surface area contributed by atoms with Gasteiger partial charge in [-0.1, -0.05) is 26.0 Å². The Bertz CT molecular complexity index is 627. The fraction of sp³-hybridized carbons (Fsp3) is 0.308. The normalized spacial score (nSPS) is 12.4. The number of primary amides is 1. The van der Waals surface area contributed by atoms with Crippen LogP contribution in [0.3, 0.4) is 0 Å². The predicted octanol–water partition coefficient (Wildman–Crippen LogP) is 0.837. The van der Waals surface area contributed by atoms with Gasteiger partial charge in [0.25, 0.3) is 0 Å². The lowest BCUT2D eigenvalue weighted by molar-refractivity contribution is -0.119. The summed E-state index contributed by atoms with van der Waals surface area (Å²) < 4.78 is 0. The maximum atomic E-state index is 11.5. The average molecular weight is 274 g/mol. The number of fused-ring (bicyclic) bond motifs is 1. The van der Waals surface area contributed by atoms with E-state index in [-0.39, 0.29) is 11.9 Å². The lowest BCUT2D eigenvalue weighted by Gasteiger charge is -2.20. The van der Waals surface area contributed by atoms with Crippen LogP contribution in [-0.2, 0) is 4.79 Å². The number of hydrogen-bond donors (Lipinski definition) is 4. The van der Waals surface area contributed by atoms with Crippen LogP contribution >= 0.6 is 0 Å². The molecule has 0 radical (unpaired) electrons. The molecule has 1 heterocycles. The highest BCUT2D eigenvalue weighted by Crippen LogP contribution is 2.23. The lowest BCUT2D eigenvalue weighted by atomic mass is 10.0. The molecule has 0 aliphatic heterocycles. The Morgan fingerprint density at radius 2 is 1.95 bits per heavy atom. The van der Waals surface area contributed by atoms with Crippen molar-refractivity contribution in [3.63, 3.8) is 0 Å². The molecule has 0 aliphatic carbocycles. The quantitative estimate of drug-likeness (QED) is 0.474. The maximum absolute atomic E-state index is 11.5. The molecule has 0 spiro atoms. The molecular weight excluding hydrogens is 256 g/mol. The molecule has 1 aromatic heterocycles. The van der Waals surface area contributed by atoms with Crippen molar-refractivity contribution in [3.05, 3.63) is 24.3 Å². The molecule has 2 rings (SSSR count). The first kappa shape index (κ1) is 14.0. The van der Waals surface area contributed by atoms with Gasteiger partial charge in [0.1, 0.15) is 11.9 Å². The topological polar surface area (TPSA) is 119 Å². The van der Waals surface area contributed by atoms with Crippen LogP contribution in [0.2, 0.25) is 0 Å².